The van der Waals surface area contributed by atoms with Gasteiger partial charge in [0, 0.05) is 0 Å². The standard InChI is InChI=1S/C26H41NO5Si/c1-6-16-26(5,32-33(7-2,8-3)9-4)17-15-23(28)19-24(29)27-22(20-31-25(27)30)18-21-13-11-10-12-14-21/h6,10-14,22-23,28H,1,7-9,15-20H2,2-5H3/t22-,23+,26?/m0/s1. The summed E-state index contributed by atoms with van der Waals surface area (Å²) in [4.78, 5) is 26.3. The predicted octanol–water partition coefficient (Wildman–Crippen LogP) is 5.46. The second-order valence-electron chi connectivity index (χ2n) is 9.37. The van der Waals surface area contributed by atoms with Crippen molar-refractivity contribution in [2.24, 2.45) is 0 Å². The van der Waals surface area contributed by atoms with Crippen LogP contribution in [0, 0.1) is 0 Å². The number of carbonyl (C=O) groups excluding carboxylic acids is 2. The maximum absolute atomic E-state index is 12.9. The molecule has 1 aliphatic rings. The van der Waals surface area contributed by atoms with Crippen molar-refractivity contribution in [3.05, 3.63) is 48.6 Å². The Morgan fingerprint density at radius 2 is 1.94 bits per heavy atom. The van der Waals surface area contributed by atoms with Gasteiger partial charge in [-0.05, 0) is 56.3 Å². The van der Waals surface area contributed by atoms with Gasteiger partial charge in [0.15, 0.2) is 8.32 Å². The molecule has 1 fully saturated rings. The molecule has 7 heteroatoms. The molecule has 0 aliphatic carbocycles. The number of hydrogen-bond donors (Lipinski definition) is 1. The normalized spacial score (nSPS) is 19.1. The number of hydrogen-bond acceptors (Lipinski definition) is 5. The second kappa shape index (κ2) is 12.5. The highest BCUT2D eigenvalue weighted by Crippen LogP contribution is 2.33. The van der Waals surface area contributed by atoms with E-state index in [0.717, 1.165) is 23.7 Å². The smallest absolute Gasteiger partial charge is 0.416 e. The van der Waals surface area contributed by atoms with Crippen molar-refractivity contribution in [3.8, 4) is 0 Å². The average molecular weight is 476 g/mol. The molecule has 1 N–H and O–H groups in total. The summed E-state index contributed by atoms with van der Waals surface area (Å²) in [5.74, 6) is -0.392. The molecule has 0 saturated carbocycles. The number of carbonyl (C=O) groups is 2. The van der Waals surface area contributed by atoms with Crippen LogP contribution in [0.3, 0.4) is 0 Å². The van der Waals surface area contributed by atoms with E-state index in [2.05, 4.69) is 34.3 Å². The first-order valence-corrected chi connectivity index (χ1v) is 14.8. The SMILES string of the molecule is C=CCC(C)(CC[C@@H](O)CC(=O)N1C(=O)OC[C@@H]1Cc1ccccc1)O[Si](CC)(CC)CC. The molecule has 1 aliphatic heterocycles. The van der Waals surface area contributed by atoms with E-state index in [1.807, 2.05) is 36.4 Å². The third kappa shape index (κ3) is 7.52. The zero-order valence-corrected chi connectivity index (χ0v) is 21.7. The van der Waals surface area contributed by atoms with E-state index in [0.29, 0.717) is 25.7 Å². The Labute approximate surface area is 200 Å². The van der Waals surface area contributed by atoms with Gasteiger partial charge < -0.3 is 14.3 Å². The topological polar surface area (TPSA) is 76.1 Å². The molecule has 0 radical (unpaired) electrons. The summed E-state index contributed by atoms with van der Waals surface area (Å²) in [5, 5.41) is 10.7. The molecule has 1 unspecified atom stereocenters. The Hall–Kier alpha value is -1.96. The molecule has 2 amide bonds. The molecule has 0 aromatic heterocycles. The van der Waals surface area contributed by atoms with Gasteiger partial charge in [0.05, 0.1) is 24.2 Å². The van der Waals surface area contributed by atoms with Crippen molar-refractivity contribution >= 4 is 20.3 Å². The fourth-order valence-electron chi connectivity index (χ4n) is 4.67. The van der Waals surface area contributed by atoms with E-state index in [4.69, 9.17) is 9.16 Å². The van der Waals surface area contributed by atoms with Crippen molar-refractivity contribution in [1.29, 1.82) is 0 Å². The van der Waals surface area contributed by atoms with E-state index in [1.54, 1.807) is 0 Å². The third-order valence-electron chi connectivity index (χ3n) is 6.93. The lowest BCUT2D eigenvalue weighted by atomic mass is 9.93. The Balaban J connectivity index is 1.98. The fourth-order valence-corrected chi connectivity index (χ4v) is 7.83. The predicted molar refractivity (Wildman–Crippen MR) is 133 cm³/mol. The lowest BCUT2D eigenvalue weighted by Gasteiger charge is -2.40. The van der Waals surface area contributed by atoms with Crippen LogP contribution in [0.25, 0.3) is 0 Å². The summed E-state index contributed by atoms with van der Waals surface area (Å²) >= 11 is 0. The minimum Gasteiger partial charge on any atom is -0.447 e. The number of ether oxygens (including phenoxy) is 1. The first kappa shape index (κ1) is 27.3. The van der Waals surface area contributed by atoms with Gasteiger partial charge in [0.1, 0.15) is 6.61 Å². The summed E-state index contributed by atoms with van der Waals surface area (Å²) in [6.07, 6.45) is 2.56. The fraction of sp³-hybridized carbons (Fsp3) is 0.615. The van der Waals surface area contributed by atoms with Crippen molar-refractivity contribution in [3.63, 3.8) is 0 Å². The van der Waals surface area contributed by atoms with Gasteiger partial charge in [-0.3, -0.25) is 4.79 Å². The molecule has 0 bridgehead atoms. The van der Waals surface area contributed by atoms with Crippen LogP contribution in [0.4, 0.5) is 4.79 Å². The van der Waals surface area contributed by atoms with Crippen LogP contribution >= 0.6 is 0 Å². The lowest BCUT2D eigenvalue weighted by Crippen LogP contribution is -2.46. The van der Waals surface area contributed by atoms with Crippen molar-refractivity contribution in [1.82, 2.24) is 4.90 Å². The molecule has 184 valence electrons. The Bertz CT molecular complexity index is 774. The van der Waals surface area contributed by atoms with Crippen LogP contribution in [0.2, 0.25) is 18.1 Å². The van der Waals surface area contributed by atoms with Crippen molar-refractivity contribution in [2.75, 3.05) is 6.61 Å². The zero-order valence-electron chi connectivity index (χ0n) is 20.7. The number of rotatable bonds is 14. The number of imide groups is 1. The van der Waals surface area contributed by atoms with Gasteiger partial charge in [-0.1, -0.05) is 57.2 Å². The molecular weight excluding hydrogens is 434 g/mol. The molecule has 1 heterocycles. The number of benzene rings is 1. The lowest BCUT2D eigenvalue weighted by molar-refractivity contribution is -0.131. The Morgan fingerprint density at radius 1 is 1.30 bits per heavy atom. The third-order valence-corrected chi connectivity index (χ3v) is 11.7. The minimum atomic E-state index is -1.84. The molecule has 1 aromatic rings. The van der Waals surface area contributed by atoms with Crippen LogP contribution in [-0.4, -0.2) is 54.7 Å². The molecule has 6 nitrogen and oxygen atoms in total. The first-order valence-electron chi connectivity index (χ1n) is 12.2. The number of nitrogens with zero attached hydrogens (tertiary/aromatic N) is 1. The molecule has 0 spiro atoms. The monoisotopic (exact) mass is 475 g/mol. The summed E-state index contributed by atoms with van der Waals surface area (Å²) in [5.41, 5.74) is 0.620. The van der Waals surface area contributed by atoms with Crippen LogP contribution in [0.5, 0.6) is 0 Å². The number of cyclic esters (lactones) is 1. The van der Waals surface area contributed by atoms with Gasteiger partial charge in [-0.15, -0.1) is 6.58 Å². The van der Waals surface area contributed by atoms with Crippen molar-refractivity contribution in [2.45, 2.75) is 95.7 Å². The highest BCUT2D eigenvalue weighted by molar-refractivity contribution is 6.73. The van der Waals surface area contributed by atoms with Crippen LogP contribution < -0.4 is 0 Å². The molecule has 3 atom stereocenters. The van der Waals surface area contributed by atoms with Gasteiger partial charge in [-0.2, -0.15) is 0 Å². The van der Waals surface area contributed by atoms with Gasteiger partial charge in [0.25, 0.3) is 0 Å². The summed E-state index contributed by atoms with van der Waals surface area (Å²) in [6.45, 7) is 12.7. The second-order valence-corrected chi connectivity index (χ2v) is 14.1. The van der Waals surface area contributed by atoms with E-state index in [1.165, 1.54) is 4.90 Å². The highest BCUT2D eigenvalue weighted by atomic mass is 28.4. The van der Waals surface area contributed by atoms with E-state index >= 15 is 0 Å². The maximum Gasteiger partial charge on any atom is 0.416 e. The first-order chi connectivity index (χ1) is 15.7. The molecule has 33 heavy (non-hydrogen) atoms. The number of aliphatic hydroxyl groups excluding tert-OH is 1. The van der Waals surface area contributed by atoms with Crippen LogP contribution in [-0.2, 0) is 20.4 Å². The maximum atomic E-state index is 12.9. The average Bonchev–Trinajstić information content (AvgIpc) is 3.17. The van der Waals surface area contributed by atoms with Gasteiger partial charge in [-0.25, -0.2) is 9.69 Å². The van der Waals surface area contributed by atoms with Crippen molar-refractivity contribution < 1.29 is 23.9 Å². The molecular formula is C26H41NO5Si. The van der Waals surface area contributed by atoms with E-state index in [9.17, 15) is 14.7 Å². The Kier molecular flexibility index (Phi) is 10.3. The molecule has 1 aromatic carbocycles. The Morgan fingerprint density at radius 3 is 2.52 bits per heavy atom. The highest BCUT2D eigenvalue weighted by Gasteiger charge is 2.40. The molecule has 2 rings (SSSR count). The number of amides is 2. The van der Waals surface area contributed by atoms with E-state index < -0.39 is 32.0 Å². The van der Waals surface area contributed by atoms with E-state index in [-0.39, 0.29) is 19.1 Å². The van der Waals surface area contributed by atoms with Crippen LogP contribution in [0.15, 0.2) is 43.0 Å². The van der Waals surface area contributed by atoms with Crippen LogP contribution in [0.1, 0.15) is 58.9 Å². The van der Waals surface area contributed by atoms with Gasteiger partial charge in [0.2, 0.25) is 5.91 Å². The minimum absolute atomic E-state index is 0.109. The van der Waals surface area contributed by atoms with Gasteiger partial charge >= 0.3 is 6.09 Å². The zero-order chi connectivity index (χ0) is 24.5. The summed E-state index contributed by atoms with van der Waals surface area (Å²) in [6, 6.07) is 12.5. The molecule has 1 saturated heterocycles. The summed E-state index contributed by atoms with van der Waals surface area (Å²) in [7, 11) is -1.84. The quantitative estimate of drug-likeness (QED) is 0.285. The summed E-state index contributed by atoms with van der Waals surface area (Å²) < 4.78 is 11.9. The number of aliphatic hydroxyl groups is 1. The largest absolute Gasteiger partial charge is 0.447 e.